The second-order valence-electron chi connectivity index (χ2n) is 4.38. The number of hydrogen-bond donors (Lipinski definition) is 1. The molecular formula is C15H14BrFN2O2. The summed E-state index contributed by atoms with van der Waals surface area (Å²) in [6.07, 6.45) is 2.31. The molecule has 2 rings (SSSR count). The molecule has 0 aliphatic carbocycles. The highest BCUT2D eigenvalue weighted by atomic mass is 79.9. The standard InChI is InChI=1S/C15H14BrFN2O2/c1-21-13-5-2-10(8-12(13)17)3-7-15(20)19-14-6-4-11(16)9-18-14/h2,4-6,8-9H,3,7H2,1H3,(H,18,19,20). The number of halogens is 2. The molecule has 0 saturated heterocycles. The Morgan fingerprint density at radius 3 is 2.81 bits per heavy atom. The van der Waals surface area contributed by atoms with Crippen LogP contribution in [-0.2, 0) is 11.2 Å². The number of aryl methyl sites for hydroxylation is 1. The molecule has 0 radical (unpaired) electrons. The van der Waals surface area contributed by atoms with Crippen LogP contribution in [0.1, 0.15) is 12.0 Å². The van der Waals surface area contributed by atoms with Crippen molar-refractivity contribution in [3.05, 3.63) is 52.4 Å². The number of rotatable bonds is 5. The lowest BCUT2D eigenvalue weighted by Crippen LogP contribution is -2.13. The lowest BCUT2D eigenvalue weighted by Gasteiger charge is -2.06. The molecule has 110 valence electrons. The molecular weight excluding hydrogens is 339 g/mol. The largest absolute Gasteiger partial charge is 0.494 e. The molecule has 1 amide bonds. The third-order valence-electron chi connectivity index (χ3n) is 2.85. The van der Waals surface area contributed by atoms with Crippen LogP contribution in [0.2, 0.25) is 0 Å². The SMILES string of the molecule is COc1ccc(CCC(=O)Nc2ccc(Br)cn2)cc1F. The molecule has 1 N–H and O–H groups in total. The van der Waals surface area contributed by atoms with Gasteiger partial charge in [0.05, 0.1) is 7.11 Å². The van der Waals surface area contributed by atoms with Crippen LogP contribution in [0.3, 0.4) is 0 Å². The Labute approximate surface area is 130 Å². The molecule has 6 heteroatoms. The summed E-state index contributed by atoms with van der Waals surface area (Å²) < 4.78 is 19.2. The van der Waals surface area contributed by atoms with E-state index in [-0.39, 0.29) is 18.1 Å². The maximum absolute atomic E-state index is 13.5. The molecule has 0 fully saturated rings. The summed E-state index contributed by atoms with van der Waals surface area (Å²) in [5.74, 6) is 0.0948. The van der Waals surface area contributed by atoms with Gasteiger partial charge in [0.15, 0.2) is 11.6 Å². The van der Waals surface area contributed by atoms with E-state index in [2.05, 4.69) is 26.2 Å². The average Bonchev–Trinajstić information content (AvgIpc) is 2.48. The van der Waals surface area contributed by atoms with E-state index in [1.807, 2.05) is 0 Å². The maximum atomic E-state index is 13.5. The van der Waals surface area contributed by atoms with Gasteiger partial charge in [-0.1, -0.05) is 6.07 Å². The number of methoxy groups -OCH3 is 1. The molecule has 0 bridgehead atoms. The van der Waals surface area contributed by atoms with Crippen LogP contribution in [0, 0.1) is 5.82 Å². The van der Waals surface area contributed by atoms with Crippen molar-refractivity contribution in [2.24, 2.45) is 0 Å². The lowest BCUT2D eigenvalue weighted by molar-refractivity contribution is -0.116. The molecule has 0 unspecified atom stereocenters. The fraction of sp³-hybridized carbons (Fsp3) is 0.200. The van der Waals surface area contributed by atoms with Gasteiger partial charge in [-0.05, 0) is 52.2 Å². The highest BCUT2D eigenvalue weighted by Crippen LogP contribution is 2.18. The minimum atomic E-state index is -0.426. The third kappa shape index (κ3) is 4.53. The van der Waals surface area contributed by atoms with Crippen LogP contribution in [0.4, 0.5) is 10.2 Å². The number of nitrogens with zero attached hydrogens (tertiary/aromatic N) is 1. The Bertz CT molecular complexity index is 632. The van der Waals surface area contributed by atoms with Gasteiger partial charge in [0.1, 0.15) is 5.82 Å². The Hall–Kier alpha value is -1.95. The Morgan fingerprint density at radius 2 is 2.19 bits per heavy atom. The molecule has 1 aromatic heterocycles. The van der Waals surface area contributed by atoms with Gasteiger partial charge in [-0.25, -0.2) is 9.37 Å². The second-order valence-corrected chi connectivity index (χ2v) is 5.29. The first-order valence-electron chi connectivity index (χ1n) is 6.32. The monoisotopic (exact) mass is 352 g/mol. The molecule has 0 spiro atoms. The maximum Gasteiger partial charge on any atom is 0.225 e. The number of carbonyl (C=O) groups is 1. The van der Waals surface area contributed by atoms with E-state index < -0.39 is 5.82 Å². The van der Waals surface area contributed by atoms with Gasteiger partial charge in [-0.3, -0.25) is 4.79 Å². The molecule has 0 aliphatic heterocycles. The van der Waals surface area contributed by atoms with E-state index in [1.165, 1.54) is 13.2 Å². The molecule has 1 aromatic carbocycles. The van der Waals surface area contributed by atoms with E-state index in [4.69, 9.17) is 4.74 Å². The van der Waals surface area contributed by atoms with Crippen LogP contribution in [0.25, 0.3) is 0 Å². The number of amides is 1. The van der Waals surface area contributed by atoms with Gasteiger partial charge >= 0.3 is 0 Å². The van der Waals surface area contributed by atoms with Crippen molar-refractivity contribution in [2.45, 2.75) is 12.8 Å². The topological polar surface area (TPSA) is 51.2 Å². The van der Waals surface area contributed by atoms with Crippen molar-refractivity contribution in [3.8, 4) is 5.75 Å². The summed E-state index contributed by atoms with van der Waals surface area (Å²) in [6.45, 7) is 0. The van der Waals surface area contributed by atoms with E-state index in [0.29, 0.717) is 12.2 Å². The number of hydrogen-bond acceptors (Lipinski definition) is 3. The van der Waals surface area contributed by atoms with Gasteiger partial charge in [0.2, 0.25) is 5.91 Å². The minimum Gasteiger partial charge on any atom is -0.494 e. The molecule has 0 atom stereocenters. The molecule has 2 aromatic rings. The summed E-state index contributed by atoms with van der Waals surface area (Å²) >= 11 is 3.27. The number of aromatic nitrogens is 1. The van der Waals surface area contributed by atoms with Crippen molar-refractivity contribution in [1.82, 2.24) is 4.98 Å². The van der Waals surface area contributed by atoms with Crippen LogP contribution in [0.15, 0.2) is 41.0 Å². The summed E-state index contributed by atoms with van der Waals surface area (Å²) in [5.41, 5.74) is 0.743. The van der Waals surface area contributed by atoms with Gasteiger partial charge in [-0.2, -0.15) is 0 Å². The van der Waals surface area contributed by atoms with E-state index in [1.54, 1.807) is 30.5 Å². The number of carbonyl (C=O) groups excluding carboxylic acids is 1. The van der Waals surface area contributed by atoms with Crippen LogP contribution >= 0.6 is 15.9 Å². The smallest absolute Gasteiger partial charge is 0.225 e. The normalized spacial score (nSPS) is 10.2. The van der Waals surface area contributed by atoms with Crippen LogP contribution in [-0.4, -0.2) is 18.0 Å². The van der Waals surface area contributed by atoms with Gasteiger partial charge in [0.25, 0.3) is 0 Å². The quantitative estimate of drug-likeness (QED) is 0.894. The van der Waals surface area contributed by atoms with Gasteiger partial charge in [-0.15, -0.1) is 0 Å². The number of nitrogens with one attached hydrogen (secondary N) is 1. The predicted octanol–water partition coefficient (Wildman–Crippen LogP) is 3.56. The summed E-state index contributed by atoms with van der Waals surface area (Å²) in [4.78, 5) is 15.9. The molecule has 4 nitrogen and oxygen atoms in total. The first-order chi connectivity index (χ1) is 10.1. The van der Waals surface area contributed by atoms with Gasteiger partial charge in [0, 0.05) is 17.1 Å². The number of pyridine rings is 1. The average molecular weight is 353 g/mol. The zero-order chi connectivity index (χ0) is 15.2. The van der Waals surface area contributed by atoms with E-state index in [0.717, 1.165) is 10.0 Å². The zero-order valence-electron chi connectivity index (χ0n) is 11.4. The molecule has 21 heavy (non-hydrogen) atoms. The summed E-state index contributed by atoms with van der Waals surface area (Å²) in [7, 11) is 1.41. The Balaban J connectivity index is 1.89. The molecule has 0 aliphatic rings. The van der Waals surface area contributed by atoms with Crippen molar-refractivity contribution < 1.29 is 13.9 Å². The third-order valence-corrected chi connectivity index (χ3v) is 3.32. The Morgan fingerprint density at radius 1 is 1.38 bits per heavy atom. The van der Waals surface area contributed by atoms with Gasteiger partial charge < -0.3 is 10.1 Å². The fourth-order valence-electron chi connectivity index (χ4n) is 1.78. The number of anilines is 1. The van der Waals surface area contributed by atoms with Crippen molar-refractivity contribution >= 4 is 27.7 Å². The van der Waals surface area contributed by atoms with Crippen molar-refractivity contribution in [3.63, 3.8) is 0 Å². The highest BCUT2D eigenvalue weighted by molar-refractivity contribution is 9.10. The predicted molar refractivity (Wildman–Crippen MR) is 81.8 cm³/mol. The highest BCUT2D eigenvalue weighted by Gasteiger charge is 2.07. The van der Waals surface area contributed by atoms with Crippen LogP contribution in [0.5, 0.6) is 5.75 Å². The lowest BCUT2D eigenvalue weighted by atomic mass is 10.1. The molecule has 0 saturated carbocycles. The zero-order valence-corrected chi connectivity index (χ0v) is 13.0. The van der Waals surface area contributed by atoms with Crippen molar-refractivity contribution in [2.75, 3.05) is 12.4 Å². The summed E-state index contributed by atoms with van der Waals surface area (Å²) in [6, 6.07) is 8.17. The van der Waals surface area contributed by atoms with E-state index >= 15 is 0 Å². The minimum absolute atomic E-state index is 0.166. The van der Waals surface area contributed by atoms with Crippen molar-refractivity contribution in [1.29, 1.82) is 0 Å². The summed E-state index contributed by atoms with van der Waals surface area (Å²) in [5, 5.41) is 2.69. The van der Waals surface area contributed by atoms with Crippen LogP contribution < -0.4 is 10.1 Å². The molecule has 1 heterocycles. The Kier molecular flexibility index (Phi) is 5.27. The fourth-order valence-corrected chi connectivity index (χ4v) is 2.01. The second kappa shape index (κ2) is 7.17. The van der Waals surface area contributed by atoms with E-state index in [9.17, 15) is 9.18 Å². The first-order valence-corrected chi connectivity index (χ1v) is 7.11. The number of ether oxygens (including phenoxy) is 1. The number of benzene rings is 1. The first kappa shape index (κ1) is 15.4.